The van der Waals surface area contributed by atoms with E-state index in [1.165, 1.54) is 6.08 Å². The van der Waals surface area contributed by atoms with Crippen molar-refractivity contribution < 1.29 is 9.32 Å². The molecule has 0 bridgehead atoms. The van der Waals surface area contributed by atoms with Gasteiger partial charge in [0.1, 0.15) is 0 Å². The molecule has 0 spiro atoms. The van der Waals surface area contributed by atoms with Gasteiger partial charge in [-0.2, -0.15) is 4.98 Å². The van der Waals surface area contributed by atoms with E-state index in [4.69, 9.17) is 4.52 Å². The highest BCUT2D eigenvalue weighted by Crippen LogP contribution is 2.39. The Balaban J connectivity index is 1.98. The van der Waals surface area contributed by atoms with Gasteiger partial charge in [0.15, 0.2) is 5.82 Å². The molecular formula is C15H15N3O2. The third kappa shape index (κ3) is 2.47. The van der Waals surface area contributed by atoms with E-state index in [9.17, 15) is 4.79 Å². The molecule has 2 aromatic rings. The molecule has 1 aliphatic rings. The van der Waals surface area contributed by atoms with E-state index >= 15 is 0 Å². The molecule has 0 saturated heterocycles. The van der Waals surface area contributed by atoms with Crippen LogP contribution >= 0.6 is 0 Å². The number of carbonyl (C=O) groups is 1. The minimum Gasteiger partial charge on any atom is -0.334 e. The number of anilines is 1. The number of benzene rings is 1. The van der Waals surface area contributed by atoms with Gasteiger partial charge in [-0.05, 0) is 38.0 Å². The SMILES string of the molecule is C=CC(=O)Nc1ccc(C)cc1-c1nc(C2CC2)no1. The van der Waals surface area contributed by atoms with Crippen LogP contribution in [0.4, 0.5) is 5.69 Å². The van der Waals surface area contributed by atoms with Gasteiger partial charge in [0.25, 0.3) is 5.89 Å². The summed E-state index contributed by atoms with van der Waals surface area (Å²) in [6.45, 7) is 5.42. The summed E-state index contributed by atoms with van der Waals surface area (Å²) >= 11 is 0. The highest BCUT2D eigenvalue weighted by atomic mass is 16.5. The fraction of sp³-hybridized carbons (Fsp3) is 0.267. The molecule has 1 heterocycles. The molecule has 0 unspecified atom stereocenters. The van der Waals surface area contributed by atoms with Crippen LogP contribution in [-0.4, -0.2) is 16.0 Å². The fourth-order valence-electron chi connectivity index (χ4n) is 1.98. The molecule has 1 aromatic heterocycles. The Morgan fingerprint density at radius 2 is 2.30 bits per heavy atom. The molecule has 20 heavy (non-hydrogen) atoms. The summed E-state index contributed by atoms with van der Waals surface area (Å²) in [5, 5.41) is 6.76. The maximum absolute atomic E-state index is 11.5. The first-order chi connectivity index (χ1) is 9.67. The van der Waals surface area contributed by atoms with Crippen LogP contribution in [0.15, 0.2) is 35.4 Å². The normalized spacial score (nSPS) is 14.1. The van der Waals surface area contributed by atoms with Crippen LogP contribution in [0.1, 0.15) is 30.1 Å². The topological polar surface area (TPSA) is 68.0 Å². The number of nitrogens with zero attached hydrogens (tertiary/aromatic N) is 2. The molecule has 0 atom stereocenters. The molecule has 5 heteroatoms. The molecule has 1 amide bonds. The van der Waals surface area contributed by atoms with E-state index in [-0.39, 0.29) is 5.91 Å². The molecule has 1 aliphatic carbocycles. The number of nitrogens with one attached hydrogen (secondary N) is 1. The minimum atomic E-state index is -0.267. The Bertz CT molecular complexity index is 672. The smallest absolute Gasteiger partial charge is 0.260 e. The first-order valence-corrected chi connectivity index (χ1v) is 6.55. The Morgan fingerprint density at radius 1 is 1.50 bits per heavy atom. The molecule has 0 radical (unpaired) electrons. The van der Waals surface area contributed by atoms with Gasteiger partial charge in [-0.3, -0.25) is 4.79 Å². The van der Waals surface area contributed by atoms with Crippen molar-refractivity contribution in [2.45, 2.75) is 25.7 Å². The van der Waals surface area contributed by atoms with Crippen LogP contribution in [0.25, 0.3) is 11.5 Å². The van der Waals surface area contributed by atoms with Crippen molar-refractivity contribution in [3.8, 4) is 11.5 Å². The number of aryl methyl sites for hydroxylation is 1. The predicted molar refractivity (Wildman–Crippen MR) is 75.3 cm³/mol. The van der Waals surface area contributed by atoms with Crippen molar-refractivity contribution in [1.82, 2.24) is 10.1 Å². The van der Waals surface area contributed by atoms with Crippen LogP contribution in [0.3, 0.4) is 0 Å². The Labute approximate surface area is 116 Å². The second-order valence-corrected chi connectivity index (χ2v) is 4.97. The summed E-state index contributed by atoms with van der Waals surface area (Å²) in [4.78, 5) is 15.9. The van der Waals surface area contributed by atoms with Gasteiger partial charge in [0.2, 0.25) is 5.91 Å². The summed E-state index contributed by atoms with van der Waals surface area (Å²) < 4.78 is 5.32. The number of hydrogen-bond acceptors (Lipinski definition) is 4. The number of carbonyl (C=O) groups excluding carboxylic acids is 1. The van der Waals surface area contributed by atoms with E-state index < -0.39 is 0 Å². The third-order valence-corrected chi connectivity index (χ3v) is 3.23. The maximum atomic E-state index is 11.5. The molecule has 0 aliphatic heterocycles. The molecule has 1 saturated carbocycles. The van der Waals surface area contributed by atoms with E-state index in [1.54, 1.807) is 0 Å². The van der Waals surface area contributed by atoms with Gasteiger partial charge in [0.05, 0.1) is 11.3 Å². The Hall–Kier alpha value is -2.43. The van der Waals surface area contributed by atoms with Crippen molar-refractivity contribution in [3.05, 3.63) is 42.2 Å². The Kier molecular flexibility index (Phi) is 3.10. The number of aromatic nitrogens is 2. The number of hydrogen-bond donors (Lipinski definition) is 1. The lowest BCUT2D eigenvalue weighted by Crippen LogP contribution is -2.08. The summed E-state index contributed by atoms with van der Waals surface area (Å²) in [6, 6.07) is 5.66. The summed E-state index contributed by atoms with van der Waals surface area (Å²) in [5.74, 6) is 1.36. The quantitative estimate of drug-likeness (QED) is 0.866. The lowest BCUT2D eigenvalue weighted by Gasteiger charge is -2.07. The van der Waals surface area contributed by atoms with Crippen molar-refractivity contribution in [3.63, 3.8) is 0 Å². The zero-order valence-corrected chi connectivity index (χ0v) is 11.2. The summed E-state index contributed by atoms with van der Waals surface area (Å²) in [7, 11) is 0. The first-order valence-electron chi connectivity index (χ1n) is 6.55. The number of rotatable bonds is 4. The molecule has 102 valence electrons. The molecule has 5 nitrogen and oxygen atoms in total. The summed E-state index contributed by atoms with van der Waals surface area (Å²) in [6.07, 6.45) is 3.47. The van der Waals surface area contributed by atoms with Gasteiger partial charge in [-0.15, -0.1) is 0 Å². The zero-order valence-electron chi connectivity index (χ0n) is 11.2. The lowest BCUT2D eigenvalue weighted by atomic mass is 10.1. The highest BCUT2D eigenvalue weighted by Gasteiger charge is 2.29. The maximum Gasteiger partial charge on any atom is 0.260 e. The van der Waals surface area contributed by atoms with Crippen LogP contribution in [0, 0.1) is 6.92 Å². The van der Waals surface area contributed by atoms with Gasteiger partial charge in [-0.25, -0.2) is 0 Å². The van der Waals surface area contributed by atoms with E-state index in [0.29, 0.717) is 17.5 Å². The molecule has 1 fully saturated rings. The van der Waals surface area contributed by atoms with E-state index in [2.05, 4.69) is 22.0 Å². The largest absolute Gasteiger partial charge is 0.334 e. The van der Waals surface area contributed by atoms with Gasteiger partial charge in [-0.1, -0.05) is 23.4 Å². The third-order valence-electron chi connectivity index (χ3n) is 3.23. The van der Waals surface area contributed by atoms with Crippen molar-refractivity contribution in [2.75, 3.05) is 5.32 Å². The fourth-order valence-corrected chi connectivity index (χ4v) is 1.98. The van der Waals surface area contributed by atoms with Crippen LogP contribution in [0.5, 0.6) is 0 Å². The van der Waals surface area contributed by atoms with Crippen LogP contribution < -0.4 is 5.32 Å². The lowest BCUT2D eigenvalue weighted by molar-refractivity contribution is -0.111. The average Bonchev–Trinajstić information content (AvgIpc) is 3.18. The summed E-state index contributed by atoms with van der Waals surface area (Å²) in [5.41, 5.74) is 2.44. The second kappa shape index (κ2) is 4.92. The average molecular weight is 269 g/mol. The van der Waals surface area contributed by atoms with E-state index in [0.717, 1.165) is 29.8 Å². The van der Waals surface area contributed by atoms with Gasteiger partial charge < -0.3 is 9.84 Å². The van der Waals surface area contributed by atoms with Gasteiger partial charge >= 0.3 is 0 Å². The second-order valence-electron chi connectivity index (χ2n) is 4.97. The van der Waals surface area contributed by atoms with Crippen molar-refractivity contribution in [2.24, 2.45) is 0 Å². The van der Waals surface area contributed by atoms with Crippen molar-refractivity contribution in [1.29, 1.82) is 0 Å². The molecular weight excluding hydrogens is 254 g/mol. The van der Waals surface area contributed by atoms with E-state index in [1.807, 2.05) is 25.1 Å². The minimum absolute atomic E-state index is 0.267. The highest BCUT2D eigenvalue weighted by molar-refractivity contribution is 6.01. The standard InChI is InChI=1S/C15H15N3O2/c1-3-13(19)16-12-7-4-9(2)8-11(12)15-17-14(18-20-15)10-5-6-10/h3-4,7-8,10H,1,5-6H2,2H3,(H,16,19). The zero-order chi connectivity index (χ0) is 14.1. The molecule has 1 N–H and O–H groups in total. The van der Waals surface area contributed by atoms with Crippen LogP contribution in [0.2, 0.25) is 0 Å². The van der Waals surface area contributed by atoms with Crippen molar-refractivity contribution >= 4 is 11.6 Å². The Morgan fingerprint density at radius 3 is 3.00 bits per heavy atom. The number of amides is 1. The monoisotopic (exact) mass is 269 g/mol. The molecule has 3 rings (SSSR count). The first kappa shape index (κ1) is 12.6. The van der Waals surface area contributed by atoms with Gasteiger partial charge in [0, 0.05) is 5.92 Å². The molecule has 1 aromatic carbocycles. The van der Waals surface area contributed by atoms with Crippen LogP contribution in [-0.2, 0) is 4.79 Å². The predicted octanol–water partition coefficient (Wildman–Crippen LogP) is 3.05.